The van der Waals surface area contributed by atoms with Crippen molar-refractivity contribution in [1.29, 1.82) is 0 Å². The molecule has 0 atom stereocenters. The molecule has 1 amide bonds. The first-order chi connectivity index (χ1) is 10.9. The Labute approximate surface area is 155 Å². The number of rotatable bonds is 5. The Morgan fingerprint density at radius 2 is 2.13 bits per heavy atom. The first-order valence-corrected chi connectivity index (χ1v) is 8.47. The van der Waals surface area contributed by atoms with Gasteiger partial charge in [-0.3, -0.25) is 4.79 Å². The second kappa shape index (κ2) is 8.30. The monoisotopic (exact) mass is 489 g/mol. The third-order valence-corrected chi connectivity index (χ3v) is 3.88. The van der Waals surface area contributed by atoms with Gasteiger partial charge < -0.3 is 14.5 Å². The second-order valence-electron chi connectivity index (χ2n) is 4.59. The number of carbonyl (C=O) groups excluding carboxylic acids is 2. The zero-order valence-electron chi connectivity index (χ0n) is 12.1. The lowest BCUT2D eigenvalue weighted by Crippen LogP contribution is -2.20. The summed E-state index contributed by atoms with van der Waals surface area (Å²) in [4.78, 5) is 23.3. The van der Waals surface area contributed by atoms with Gasteiger partial charge >= 0.3 is 5.97 Å². The quantitative estimate of drug-likeness (QED) is 0.389. The number of furan rings is 1. The Hall–Kier alpha value is -1.61. The molecule has 2 aromatic rings. The van der Waals surface area contributed by atoms with Crippen molar-refractivity contribution < 1.29 is 18.7 Å². The fourth-order valence-corrected chi connectivity index (χ4v) is 2.67. The maximum Gasteiger partial charge on any atom is 0.331 e. The van der Waals surface area contributed by atoms with Crippen LogP contribution in [0.5, 0.6) is 0 Å². The van der Waals surface area contributed by atoms with Crippen LogP contribution in [0.1, 0.15) is 11.3 Å². The molecule has 1 aromatic carbocycles. The van der Waals surface area contributed by atoms with Gasteiger partial charge in [0.15, 0.2) is 11.3 Å². The average molecular weight is 490 g/mol. The number of ether oxygens (including phenoxy) is 1. The van der Waals surface area contributed by atoms with E-state index in [1.165, 1.54) is 12.2 Å². The van der Waals surface area contributed by atoms with Crippen LogP contribution in [0, 0.1) is 10.5 Å². The molecule has 0 saturated carbocycles. The van der Waals surface area contributed by atoms with Crippen LogP contribution >= 0.6 is 38.5 Å². The van der Waals surface area contributed by atoms with Crippen LogP contribution in [0.3, 0.4) is 0 Å². The van der Waals surface area contributed by atoms with Crippen molar-refractivity contribution in [2.75, 3.05) is 11.9 Å². The number of halogens is 2. The lowest BCUT2D eigenvalue weighted by Gasteiger charge is -2.08. The van der Waals surface area contributed by atoms with Gasteiger partial charge in [-0.2, -0.15) is 0 Å². The predicted octanol–water partition coefficient (Wildman–Crippen LogP) is 4.15. The third kappa shape index (κ3) is 5.83. The standard InChI is InChI=1S/C16H13BrINO4/c1-10-8-11(18)2-5-13(10)19-15(20)9-22-16(21)7-4-12-3-6-14(17)23-12/h2-8H,9H2,1H3,(H,19,20). The van der Waals surface area contributed by atoms with E-state index in [9.17, 15) is 9.59 Å². The molecule has 0 aliphatic heterocycles. The minimum absolute atomic E-state index is 0.351. The van der Waals surface area contributed by atoms with Crippen molar-refractivity contribution in [3.8, 4) is 0 Å². The van der Waals surface area contributed by atoms with Crippen LogP contribution in [0.2, 0.25) is 0 Å². The van der Waals surface area contributed by atoms with Gasteiger partial charge in [-0.1, -0.05) is 0 Å². The molecule has 5 nitrogen and oxygen atoms in total. The summed E-state index contributed by atoms with van der Waals surface area (Å²) >= 11 is 5.36. The molecule has 0 bridgehead atoms. The summed E-state index contributed by atoms with van der Waals surface area (Å²) in [6.45, 7) is 1.55. The Morgan fingerprint density at radius 1 is 1.35 bits per heavy atom. The van der Waals surface area contributed by atoms with E-state index in [2.05, 4.69) is 43.8 Å². The number of esters is 1. The van der Waals surface area contributed by atoms with Crippen LogP contribution < -0.4 is 5.32 Å². The van der Waals surface area contributed by atoms with E-state index in [-0.39, 0.29) is 6.61 Å². The molecule has 1 heterocycles. The third-order valence-electron chi connectivity index (χ3n) is 2.79. The van der Waals surface area contributed by atoms with E-state index >= 15 is 0 Å². The van der Waals surface area contributed by atoms with Crippen LogP contribution in [0.25, 0.3) is 6.08 Å². The van der Waals surface area contributed by atoms with Crippen LogP contribution in [0.15, 0.2) is 45.5 Å². The largest absolute Gasteiger partial charge is 0.452 e. The summed E-state index contributed by atoms with van der Waals surface area (Å²) in [5, 5.41) is 2.70. The van der Waals surface area contributed by atoms with E-state index in [1.54, 1.807) is 12.1 Å². The number of carbonyl (C=O) groups is 2. The lowest BCUT2D eigenvalue weighted by atomic mass is 10.2. The Balaban J connectivity index is 1.81. The first-order valence-electron chi connectivity index (χ1n) is 6.60. The van der Waals surface area contributed by atoms with Crippen molar-refractivity contribution in [3.05, 3.63) is 56.0 Å². The molecule has 120 valence electrons. The molecule has 1 aromatic heterocycles. The van der Waals surface area contributed by atoms with Crippen LogP contribution in [-0.2, 0) is 14.3 Å². The van der Waals surface area contributed by atoms with Gasteiger partial charge in [-0.25, -0.2) is 4.79 Å². The number of hydrogen-bond acceptors (Lipinski definition) is 4. The van der Waals surface area contributed by atoms with E-state index in [0.717, 1.165) is 9.13 Å². The van der Waals surface area contributed by atoms with Crippen molar-refractivity contribution >= 4 is 62.2 Å². The van der Waals surface area contributed by atoms with Crippen molar-refractivity contribution in [2.24, 2.45) is 0 Å². The average Bonchev–Trinajstić information content (AvgIpc) is 2.91. The fraction of sp³-hybridized carbons (Fsp3) is 0.125. The highest BCUT2D eigenvalue weighted by molar-refractivity contribution is 14.1. The molecule has 0 saturated heterocycles. The van der Waals surface area contributed by atoms with E-state index in [1.807, 2.05) is 25.1 Å². The minimum Gasteiger partial charge on any atom is -0.452 e. The van der Waals surface area contributed by atoms with Gasteiger partial charge in [0.2, 0.25) is 0 Å². The summed E-state index contributed by atoms with van der Waals surface area (Å²) in [6.07, 6.45) is 2.67. The zero-order chi connectivity index (χ0) is 16.8. The molecule has 0 unspecified atom stereocenters. The van der Waals surface area contributed by atoms with Crippen LogP contribution in [-0.4, -0.2) is 18.5 Å². The topological polar surface area (TPSA) is 68.5 Å². The number of benzene rings is 1. The Kier molecular flexibility index (Phi) is 6.40. The van der Waals surface area contributed by atoms with E-state index < -0.39 is 11.9 Å². The molecule has 2 rings (SSSR count). The van der Waals surface area contributed by atoms with Crippen LogP contribution in [0.4, 0.5) is 5.69 Å². The molecule has 0 aliphatic carbocycles. The molecule has 1 N–H and O–H groups in total. The molecule has 0 radical (unpaired) electrons. The summed E-state index contributed by atoms with van der Waals surface area (Å²) in [5.74, 6) is -0.503. The molecule has 0 aliphatic rings. The maximum absolute atomic E-state index is 11.8. The van der Waals surface area contributed by atoms with Crippen molar-refractivity contribution in [1.82, 2.24) is 0 Å². The highest BCUT2D eigenvalue weighted by Crippen LogP contribution is 2.17. The number of aryl methyl sites for hydroxylation is 1. The summed E-state index contributed by atoms with van der Waals surface area (Å²) in [5.41, 5.74) is 1.64. The van der Waals surface area contributed by atoms with Gasteiger partial charge in [0.25, 0.3) is 5.91 Å². The first kappa shape index (κ1) is 17.7. The molecule has 7 heteroatoms. The molecular formula is C16H13BrINO4. The number of nitrogens with one attached hydrogen (secondary N) is 1. The molecule has 23 heavy (non-hydrogen) atoms. The van der Waals surface area contributed by atoms with Gasteiger partial charge in [-0.05, 0) is 87.4 Å². The molecule has 0 spiro atoms. The zero-order valence-corrected chi connectivity index (χ0v) is 15.9. The minimum atomic E-state index is -0.619. The predicted molar refractivity (Wildman–Crippen MR) is 98.9 cm³/mol. The van der Waals surface area contributed by atoms with Crippen molar-refractivity contribution in [3.63, 3.8) is 0 Å². The maximum atomic E-state index is 11.8. The molecular weight excluding hydrogens is 477 g/mol. The highest BCUT2D eigenvalue weighted by Gasteiger charge is 2.08. The fourth-order valence-electron chi connectivity index (χ4n) is 1.71. The summed E-state index contributed by atoms with van der Waals surface area (Å²) in [6, 6.07) is 9.05. The van der Waals surface area contributed by atoms with E-state index in [0.29, 0.717) is 16.1 Å². The molecule has 0 fully saturated rings. The van der Waals surface area contributed by atoms with Gasteiger partial charge in [-0.15, -0.1) is 0 Å². The number of anilines is 1. The summed E-state index contributed by atoms with van der Waals surface area (Å²) in [7, 11) is 0. The summed E-state index contributed by atoms with van der Waals surface area (Å²) < 4.78 is 11.7. The number of hydrogen-bond donors (Lipinski definition) is 1. The van der Waals surface area contributed by atoms with Gasteiger partial charge in [0.05, 0.1) is 0 Å². The smallest absolute Gasteiger partial charge is 0.331 e. The Bertz CT molecular complexity index is 754. The normalized spacial score (nSPS) is 10.7. The van der Waals surface area contributed by atoms with Gasteiger partial charge in [0, 0.05) is 15.3 Å². The lowest BCUT2D eigenvalue weighted by molar-refractivity contribution is -0.142. The Morgan fingerprint density at radius 3 is 2.78 bits per heavy atom. The SMILES string of the molecule is Cc1cc(I)ccc1NC(=O)COC(=O)C=Cc1ccc(Br)o1. The van der Waals surface area contributed by atoms with Crippen molar-refractivity contribution in [2.45, 2.75) is 6.92 Å². The number of amides is 1. The van der Waals surface area contributed by atoms with Gasteiger partial charge in [0.1, 0.15) is 5.76 Å². The highest BCUT2D eigenvalue weighted by atomic mass is 127. The van der Waals surface area contributed by atoms with E-state index in [4.69, 9.17) is 9.15 Å². The second-order valence-corrected chi connectivity index (χ2v) is 6.62.